The molecule has 2 rings (SSSR count). The van der Waals surface area contributed by atoms with Crippen molar-refractivity contribution in [3.63, 3.8) is 0 Å². The molecule has 5 nitrogen and oxygen atoms in total. The second-order valence-corrected chi connectivity index (χ2v) is 5.82. The Bertz CT molecular complexity index is 475. The molecule has 18 heavy (non-hydrogen) atoms. The summed E-state index contributed by atoms with van der Waals surface area (Å²) in [6.45, 7) is 2.78. The van der Waals surface area contributed by atoms with Crippen LogP contribution < -0.4 is 10.0 Å². The van der Waals surface area contributed by atoms with E-state index in [1.165, 1.54) is 5.56 Å². The van der Waals surface area contributed by atoms with Crippen LogP contribution in [0.25, 0.3) is 0 Å². The maximum absolute atomic E-state index is 11.3. The maximum atomic E-state index is 11.3. The Morgan fingerprint density at radius 3 is 2.83 bits per heavy atom. The summed E-state index contributed by atoms with van der Waals surface area (Å²) in [5.41, 5.74) is 1.18. The van der Waals surface area contributed by atoms with Gasteiger partial charge in [0, 0.05) is 18.6 Å². The second-order valence-electron chi connectivity index (χ2n) is 4.44. The molecule has 0 radical (unpaired) electrons. The molecule has 1 aliphatic heterocycles. The average molecular weight is 270 g/mol. The molecular formula is C12H18N2O3S. The molecule has 1 aromatic rings. The zero-order chi connectivity index (χ0) is 13.0. The van der Waals surface area contributed by atoms with E-state index in [4.69, 9.17) is 4.18 Å². The monoisotopic (exact) mass is 270 g/mol. The Kier molecular flexibility index (Phi) is 4.34. The quantitative estimate of drug-likeness (QED) is 0.852. The molecule has 1 aromatic carbocycles. The fourth-order valence-electron chi connectivity index (χ4n) is 2.00. The van der Waals surface area contributed by atoms with E-state index in [9.17, 15) is 8.42 Å². The largest absolute Gasteiger partial charge is 0.336 e. The number of hydrogen-bond donors (Lipinski definition) is 2. The van der Waals surface area contributed by atoms with Crippen molar-refractivity contribution in [2.24, 2.45) is 0 Å². The highest BCUT2D eigenvalue weighted by Crippen LogP contribution is 2.09. The lowest BCUT2D eigenvalue weighted by molar-refractivity contribution is 0.301. The normalized spacial score (nSPS) is 27.6. The average Bonchev–Trinajstić information content (AvgIpc) is 2.46. The summed E-state index contributed by atoms with van der Waals surface area (Å²) in [6.07, 6.45) is 0.667. The van der Waals surface area contributed by atoms with Crippen LogP contribution in [0.15, 0.2) is 30.3 Å². The highest BCUT2D eigenvalue weighted by Gasteiger charge is 2.26. The van der Waals surface area contributed by atoms with Crippen molar-refractivity contribution in [2.45, 2.75) is 32.0 Å². The van der Waals surface area contributed by atoms with Crippen LogP contribution in [-0.4, -0.2) is 27.1 Å². The van der Waals surface area contributed by atoms with Gasteiger partial charge in [-0.3, -0.25) is 4.18 Å². The SMILES string of the molecule is C[C@@H]1NS(=O)(=O)OCC[C@H]1NCc1ccccc1. The molecule has 0 aromatic heterocycles. The van der Waals surface area contributed by atoms with Gasteiger partial charge in [0.15, 0.2) is 0 Å². The van der Waals surface area contributed by atoms with Gasteiger partial charge in [-0.05, 0) is 18.9 Å². The molecule has 2 atom stereocenters. The van der Waals surface area contributed by atoms with Crippen molar-refractivity contribution in [3.8, 4) is 0 Å². The minimum Gasteiger partial charge on any atom is -0.308 e. The van der Waals surface area contributed by atoms with Gasteiger partial charge in [-0.25, -0.2) is 0 Å². The van der Waals surface area contributed by atoms with E-state index in [1.807, 2.05) is 37.3 Å². The van der Waals surface area contributed by atoms with E-state index >= 15 is 0 Å². The Labute approximate surface area is 108 Å². The van der Waals surface area contributed by atoms with Crippen LogP contribution in [0.4, 0.5) is 0 Å². The van der Waals surface area contributed by atoms with Crippen LogP contribution in [0.5, 0.6) is 0 Å². The topological polar surface area (TPSA) is 67.4 Å². The molecule has 0 spiro atoms. The Balaban J connectivity index is 1.93. The predicted octanol–water partition coefficient (Wildman–Crippen LogP) is 0.788. The van der Waals surface area contributed by atoms with Gasteiger partial charge in [-0.15, -0.1) is 0 Å². The van der Waals surface area contributed by atoms with Gasteiger partial charge in [0.25, 0.3) is 0 Å². The fourth-order valence-corrected chi connectivity index (χ4v) is 3.01. The van der Waals surface area contributed by atoms with Crippen molar-refractivity contribution in [1.29, 1.82) is 0 Å². The van der Waals surface area contributed by atoms with Gasteiger partial charge >= 0.3 is 10.3 Å². The second kappa shape index (κ2) is 5.79. The summed E-state index contributed by atoms with van der Waals surface area (Å²) in [5, 5.41) is 3.36. The predicted molar refractivity (Wildman–Crippen MR) is 69.2 cm³/mol. The van der Waals surface area contributed by atoms with Crippen molar-refractivity contribution >= 4 is 10.3 Å². The summed E-state index contributed by atoms with van der Waals surface area (Å²) in [7, 11) is -3.57. The smallest absolute Gasteiger partial charge is 0.308 e. The highest BCUT2D eigenvalue weighted by atomic mass is 32.2. The summed E-state index contributed by atoms with van der Waals surface area (Å²) < 4.78 is 29.9. The van der Waals surface area contributed by atoms with Gasteiger partial charge in [0.05, 0.1) is 6.61 Å². The lowest BCUT2D eigenvalue weighted by atomic mass is 10.1. The highest BCUT2D eigenvalue weighted by molar-refractivity contribution is 7.84. The Morgan fingerprint density at radius 1 is 1.39 bits per heavy atom. The maximum Gasteiger partial charge on any atom is 0.336 e. The van der Waals surface area contributed by atoms with E-state index < -0.39 is 10.3 Å². The first kappa shape index (κ1) is 13.5. The molecule has 6 heteroatoms. The molecule has 100 valence electrons. The molecule has 0 amide bonds. The van der Waals surface area contributed by atoms with E-state index in [0.717, 1.165) is 6.54 Å². The van der Waals surface area contributed by atoms with Gasteiger partial charge in [0.2, 0.25) is 0 Å². The van der Waals surface area contributed by atoms with Crippen LogP contribution in [0.3, 0.4) is 0 Å². The fraction of sp³-hybridized carbons (Fsp3) is 0.500. The van der Waals surface area contributed by atoms with Crippen LogP contribution in [0.2, 0.25) is 0 Å². The number of benzene rings is 1. The first-order valence-corrected chi connectivity index (χ1v) is 7.42. The van der Waals surface area contributed by atoms with Crippen LogP contribution in [0.1, 0.15) is 18.9 Å². The summed E-state index contributed by atoms with van der Waals surface area (Å²) in [4.78, 5) is 0. The van der Waals surface area contributed by atoms with Gasteiger partial charge in [0.1, 0.15) is 0 Å². The third-order valence-electron chi connectivity index (χ3n) is 3.01. The first-order valence-electron chi connectivity index (χ1n) is 6.01. The van der Waals surface area contributed by atoms with Crippen molar-refractivity contribution < 1.29 is 12.6 Å². The number of hydrogen-bond acceptors (Lipinski definition) is 4. The zero-order valence-corrected chi connectivity index (χ0v) is 11.1. The number of rotatable bonds is 3. The summed E-state index contributed by atoms with van der Waals surface area (Å²) >= 11 is 0. The first-order chi connectivity index (χ1) is 8.57. The minimum absolute atomic E-state index is 0.0717. The summed E-state index contributed by atoms with van der Waals surface area (Å²) in [6, 6.07) is 9.91. The van der Waals surface area contributed by atoms with Crippen LogP contribution >= 0.6 is 0 Å². The number of nitrogens with one attached hydrogen (secondary N) is 2. The third-order valence-corrected chi connectivity index (χ3v) is 4.15. The molecule has 1 heterocycles. The van der Waals surface area contributed by atoms with Gasteiger partial charge < -0.3 is 5.32 Å². The minimum atomic E-state index is -3.57. The summed E-state index contributed by atoms with van der Waals surface area (Å²) in [5.74, 6) is 0. The molecule has 0 unspecified atom stereocenters. The lowest BCUT2D eigenvalue weighted by Gasteiger charge is -2.21. The molecule has 1 fully saturated rings. The molecule has 1 aliphatic rings. The standard InChI is InChI=1S/C12H18N2O3S/c1-10-12(7-8-17-18(15,16)14-10)13-9-11-5-3-2-4-6-11/h2-6,10,12-14H,7-9H2,1H3/t10-,12+/m0/s1. The Hall–Kier alpha value is -0.950. The third kappa shape index (κ3) is 3.78. The van der Waals surface area contributed by atoms with Gasteiger partial charge in [-0.2, -0.15) is 13.1 Å². The molecule has 0 saturated carbocycles. The van der Waals surface area contributed by atoms with E-state index in [2.05, 4.69) is 10.0 Å². The van der Waals surface area contributed by atoms with E-state index in [-0.39, 0.29) is 18.7 Å². The molecular weight excluding hydrogens is 252 g/mol. The van der Waals surface area contributed by atoms with Crippen molar-refractivity contribution in [1.82, 2.24) is 10.0 Å². The van der Waals surface area contributed by atoms with Crippen LogP contribution in [-0.2, 0) is 21.0 Å². The Morgan fingerprint density at radius 2 is 2.11 bits per heavy atom. The van der Waals surface area contributed by atoms with E-state index in [0.29, 0.717) is 6.42 Å². The van der Waals surface area contributed by atoms with Gasteiger partial charge in [-0.1, -0.05) is 30.3 Å². The van der Waals surface area contributed by atoms with E-state index in [1.54, 1.807) is 0 Å². The molecule has 0 bridgehead atoms. The molecule has 0 aliphatic carbocycles. The van der Waals surface area contributed by atoms with Crippen LogP contribution in [0, 0.1) is 0 Å². The van der Waals surface area contributed by atoms with Crippen molar-refractivity contribution in [2.75, 3.05) is 6.61 Å². The molecule has 2 N–H and O–H groups in total. The lowest BCUT2D eigenvalue weighted by Crippen LogP contribution is -2.46. The molecule has 1 saturated heterocycles. The van der Waals surface area contributed by atoms with Crippen molar-refractivity contribution in [3.05, 3.63) is 35.9 Å². The zero-order valence-electron chi connectivity index (χ0n) is 10.3.